The third-order valence-electron chi connectivity index (χ3n) is 3.23. The lowest BCUT2D eigenvalue weighted by Gasteiger charge is -2.09. The molecule has 1 N–H and O–H groups in total. The Bertz CT molecular complexity index is 743. The summed E-state index contributed by atoms with van der Waals surface area (Å²) in [5.41, 5.74) is 2.14. The number of hydrogen-bond donors (Lipinski definition) is 1. The summed E-state index contributed by atoms with van der Waals surface area (Å²) in [7, 11) is 2.00. The van der Waals surface area contributed by atoms with Gasteiger partial charge in [0.15, 0.2) is 5.16 Å². The van der Waals surface area contributed by atoms with E-state index in [2.05, 4.69) is 34.7 Å². The van der Waals surface area contributed by atoms with Crippen LogP contribution < -0.4 is 5.32 Å². The molecule has 3 rings (SSSR count). The van der Waals surface area contributed by atoms with Gasteiger partial charge in [0.05, 0.1) is 5.69 Å². The summed E-state index contributed by atoms with van der Waals surface area (Å²) in [6.07, 6.45) is 5.82. The third-order valence-corrected chi connectivity index (χ3v) is 4.33. The summed E-state index contributed by atoms with van der Waals surface area (Å²) in [6, 6.07) is 6.51. The molecule has 0 aliphatic heterocycles. The van der Waals surface area contributed by atoms with Crippen molar-refractivity contribution in [1.29, 1.82) is 0 Å². The molecular weight excluding hydrogens is 282 g/mol. The molecule has 0 aromatic carbocycles. The zero-order valence-corrected chi connectivity index (χ0v) is 13.3. The number of imidazole rings is 2. The number of nitrogens with one attached hydrogen (secondary N) is 1. The Kier molecular flexibility index (Phi) is 3.98. The molecule has 0 spiro atoms. The second-order valence-corrected chi connectivity index (χ2v) is 6.21. The van der Waals surface area contributed by atoms with Crippen molar-refractivity contribution in [1.82, 2.24) is 24.3 Å². The zero-order chi connectivity index (χ0) is 14.8. The first-order valence-electron chi connectivity index (χ1n) is 6.99. The molecule has 6 heteroatoms. The van der Waals surface area contributed by atoms with Gasteiger partial charge in [-0.2, -0.15) is 0 Å². The van der Waals surface area contributed by atoms with Gasteiger partial charge in [-0.1, -0.05) is 19.9 Å². The van der Waals surface area contributed by atoms with Gasteiger partial charge in [0.1, 0.15) is 10.7 Å². The van der Waals surface area contributed by atoms with Crippen LogP contribution in [0.4, 0.5) is 0 Å². The maximum Gasteiger partial charge on any atom is 0.174 e. The predicted molar refractivity (Wildman–Crippen MR) is 84.5 cm³/mol. The van der Waals surface area contributed by atoms with Crippen LogP contribution in [0.5, 0.6) is 0 Å². The van der Waals surface area contributed by atoms with Crippen molar-refractivity contribution in [2.45, 2.75) is 36.6 Å². The molecule has 3 aromatic heterocycles. The average molecular weight is 301 g/mol. The van der Waals surface area contributed by atoms with Crippen LogP contribution >= 0.6 is 11.8 Å². The smallest absolute Gasteiger partial charge is 0.174 e. The van der Waals surface area contributed by atoms with Crippen molar-refractivity contribution in [3.05, 3.63) is 42.5 Å². The maximum atomic E-state index is 4.74. The normalized spacial score (nSPS) is 11.6. The van der Waals surface area contributed by atoms with E-state index in [0.29, 0.717) is 6.04 Å². The number of pyridine rings is 1. The number of aryl methyl sites for hydroxylation is 1. The minimum atomic E-state index is 0.435. The molecule has 0 aliphatic carbocycles. The molecule has 0 aliphatic rings. The van der Waals surface area contributed by atoms with Crippen LogP contribution in [-0.4, -0.2) is 25.0 Å². The standard InChI is InChI=1S/C15H19N5S/c1-11(2)17-10-12-14(21-15-16-7-9-19(15)3)18-13-6-4-5-8-20(12)13/h4-9,11,17H,10H2,1-3H3. The Morgan fingerprint density at radius 1 is 1.29 bits per heavy atom. The molecule has 3 heterocycles. The SMILES string of the molecule is CC(C)NCc1c(Sc2nccn2C)nc2ccccn12. The van der Waals surface area contributed by atoms with E-state index < -0.39 is 0 Å². The molecule has 21 heavy (non-hydrogen) atoms. The van der Waals surface area contributed by atoms with Crippen LogP contribution in [-0.2, 0) is 13.6 Å². The number of nitrogens with zero attached hydrogens (tertiary/aromatic N) is 4. The van der Waals surface area contributed by atoms with Gasteiger partial charge in [0.2, 0.25) is 0 Å². The van der Waals surface area contributed by atoms with Crippen molar-refractivity contribution >= 4 is 17.4 Å². The van der Waals surface area contributed by atoms with Crippen LogP contribution in [0.2, 0.25) is 0 Å². The molecule has 0 saturated carbocycles. The van der Waals surface area contributed by atoms with Crippen LogP contribution in [0, 0.1) is 0 Å². The van der Waals surface area contributed by atoms with Crippen molar-refractivity contribution < 1.29 is 0 Å². The van der Waals surface area contributed by atoms with E-state index in [4.69, 9.17) is 4.98 Å². The first kappa shape index (κ1) is 14.2. The fourth-order valence-electron chi connectivity index (χ4n) is 2.11. The van der Waals surface area contributed by atoms with Gasteiger partial charge >= 0.3 is 0 Å². The second kappa shape index (κ2) is 5.91. The lowest BCUT2D eigenvalue weighted by atomic mass is 10.3. The second-order valence-electron chi connectivity index (χ2n) is 5.25. The minimum absolute atomic E-state index is 0.435. The van der Waals surface area contributed by atoms with Crippen LogP contribution in [0.25, 0.3) is 5.65 Å². The molecule has 0 unspecified atom stereocenters. The third kappa shape index (κ3) is 2.96. The number of aromatic nitrogens is 4. The predicted octanol–water partition coefficient (Wildman–Crippen LogP) is 2.72. The fraction of sp³-hybridized carbons (Fsp3) is 0.333. The quantitative estimate of drug-likeness (QED) is 0.787. The van der Waals surface area contributed by atoms with Crippen LogP contribution in [0.3, 0.4) is 0 Å². The van der Waals surface area contributed by atoms with E-state index in [0.717, 1.165) is 22.4 Å². The van der Waals surface area contributed by atoms with Gasteiger partial charge in [-0.05, 0) is 23.9 Å². The molecular formula is C15H19N5S. The first-order chi connectivity index (χ1) is 10.1. The molecule has 3 aromatic rings. The van der Waals surface area contributed by atoms with E-state index >= 15 is 0 Å². The Morgan fingerprint density at radius 2 is 2.14 bits per heavy atom. The molecule has 0 amide bonds. The Morgan fingerprint density at radius 3 is 2.86 bits per heavy atom. The Labute approximate surface area is 128 Å². The number of hydrogen-bond acceptors (Lipinski definition) is 4. The largest absolute Gasteiger partial charge is 0.329 e. The van der Waals surface area contributed by atoms with E-state index in [9.17, 15) is 0 Å². The Balaban J connectivity index is 1.99. The van der Waals surface area contributed by atoms with Gasteiger partial charge in [0.25, 0.3) is 0 Å². The summed E-state index contributed by atoms with van der Waals surface area (Å²) in [5, 5.41) is 5.42. The average Bonchev–Trinajstić information content (AvgIpc) is 3.01. The maximum absolute atomic E-state index is 4.74. The highest BCUT2D eigenvalue weighted by Crippen LogP contribution is 2.29. The number of rotatable bonds is 5. The van der Waals surface area contributed by atoms with E-state index in [-0.39, 0.29) is 0 Å². The lowest BCUT2D eigenvalue weighted by Crippen LogP contribution is -2.23. The molecule has 0 atom stereocenters. The topological polar surface area (TPSA) is 47.2 Å². The van der Waals surface area contributed by atoms with Crippen molar-refractivity contribution in [3.8, 4) is 0 Å². The Hall–Kier alpha value is -1.79. The van der Waals surface area contributed by atoms with Gasteiger partial charge in [0, 0.05) is 38.2 Å². The molecule has 0 fully saturated rings. The summed E-state index contributed by atoms with van der Waals surface area (Å²) in [6.45, 7) is 5.08. The van der Waals surface area contributed by atoms with Crippen LogP contribution in [0.15, 0.2) is 47.0 Å². The van der Waals surface area contributed by atoms with Gasteiger partial charge in [-0.25, -0.2) is 9.97 Å². The van der Waals surface area contributed by atoms with Crippen molar-refractivity contribution in [3.63, 3.8) is 0 Å². The van der Waals surface area contributed by atoms with E-state index in [1.54, 1.807) is 11.8 Å². The van der Waals surface area contributed by atoms with Gasteiger partial charge in [-0.15, -0.1) is 0 Å². The van der Waals surface area contributed by atoms with Gasteiger partial charge in [-0.3, -0.25) is 0 Å². The molecule has 0 radical (unpaired) electrons. The van der Waals surface area contributed by atoms with Crippen LogP contribution in [0.1, 0.15) is 19.5 Å². The zero-order valence-electron chi connectivity index (χ0n) is 12.4. The molecule has 0 saturated heterocycles. The number of fused-ring (bicyclic) bond motifs is 1. The highest BCUT2D eigenvalue weighted by Gasteiger charge is 2.15. The summed E-state index contributed by atoms with van der Waals surface area (Å²) in [5.74, 6) is 0. The first-order valence-corrected chi connectivity index (χ1v) is 7.81. The van der Waals surface area contributed by atoms with Crippen molar-refractivity contribution in [2.24, 2.45) is 7.05 Å². The van der Waals surface area contributed by atoms with Crippen molar-refractivity contribution in [2.75, 3.05) is 0 Å². The fourth-order valence-corrected chi connectivity index (χ4v) is 3.02. The monoisotopic (exact) mass is 301 g/mol. The molecule has 0 bridgehead atoms. The minimum Gasteiger partial charge on any atom is -0.329 e. The highest BCUT2D eigenvalue weighted by atomic mass is 32.2. The summed E-state index contributed by atoms with van der Waals surface area (Å²) < 4.78 is 4.15. The molecule has 110 valence electrons. The lowest BCUT2D eigenvalue weighted by molar-refractivity contribution is 0.574. The summed E-state index contributed by atoms with van der Waals surface area (Å²) in [4.78, 5) is 9.11. The highest BCUT2D eigenvalue weighted by molar-refractivity contribution is 7.99. The van der Waals surface area contributed by atoms with E-state index in [1.807, 2.05) is 42.2 Å². The van der Waals surface area contributed by atoms with Gasteiger partial charge < -0.3 is 14.3 Å². The van der Waals surface area contributed by atoms with E-state index in [1.165, 1.54) is 5.69 Å². The summed E-state index contributed by atoms with van der Waals surface area (Å²) >= 11 is 1.60. The molecule has 5 nitrogen and oxygen atoms in total.